The number of ether oxygens (including phenoxy) is 3. The molecule has 118 valence electrons. The molecule has 0 fully saturated rings. The minimum atomic E-state index is -0.203. The number of hydrogen-bond donors (Lipinski definition) is 2. The third kappa shape index (κ3) is 6.01. The van der Waals surface area contributed by atoms with E-state index in [9.17, 15) is 4.79 Å². The van der Waals surface area contributed by atoms with E-state index in [1.54, 1.807) is 14.2 Å². The summed E-state index contributed by atoms with van der Waals surface area (Å²) >= 11 is 0. The number of amides is 1. The fraction of sp³-hybridized carbons (Fsp3) is 0.533. The van der Waals surface area contributed by atoms with Gasteiger partial charge in [0.1, 0.15) is 0 Å². The molecule has 6 nitrogen and oxygen atoms in total. The summed E-state index contributed by atoms with van der Waals surface area (Å²) in [6.07, 6.45) is 0.747. The summed E-state index contributed by atoms with van der Waals surface area (Å²) in [5, 5.41) is 2.78. The Labute approximate surface area is 125 Å². The van der Waals surface area contributed by atoms with Gasteiger partial charge in [-0.05, 0) is 37.6 Å². The Morgan fingerprint density at radius 2 is 2.10 bits per heavy atom. The van der Waals surface area contributed by atoms with Crippen LogP contribution in [0.25, 0.3) is 0 Å². The van der Waals surface area contributed by atoms with Crippen LogP contribution in [0.15, 0.2) is 18.2 Å². The highest BCUT2D eigenvalue weighted by molar-refractivity contribution is 5.77. The molecule has 1 aromatic carbocycles. The van der Waals surface area contributed by atoms with Crippen LogP contribution in [0, 0.1) is 0 Å². The highest BCUT2D eigenvalue weighted by atomic mass is 16.5. The van der Waals surface area contributed by atoms with Crippen molar-refractivity contribution < 1.29 is 19.0 Å². The number of benzene rings is 1. The van der Waals surface area contributed by atoms with Crippen LogP contribution in [-0.4, -0.2) is 45.9 Å². The zero-order valence-electron chi connectivity index (χ0n) is 12.8. The molecule has 1 rings (SSSR count). The smallest absolute Gasteiger partial charge is 0.258 e. The summed E-state index contributed by atoms with van der Waals surface area (Å²) in [5.41, 5.74) is 6.58. The van der Waals surface area contributed by atoms with Crippen molar-refractivity contribution in [2.45, 2.75) is 19.4 Å². The lowest BCUT2D eigenvalue weighted by Gasteiger charge is -2.15. The van der Waals surface area contributed by atoms with E-state index >= 15 is 0 Å². The summed E-state index contributed by atoms with van der Waals surface area (Å²) in [6.45, 7) is 2.81. The van der Waals surface area contributed by atoms with E-state index in [0.717, 1.165) is 12.0 Å². The number of carbonyl (C=O) groups excluding carboxylic acids is 1. The fourth-order valence-electron chi connectivity index (χ4n) is 1.91. The molecule has 0 spiro atoms. The molecule has 6 heteroatoms. The Kier molecular flexibility index (Phi) is 7.56. The van der Waals surface area contributed by atoms with Crippen LogP contribution in [0.2, 0.25) is 0 Å². The van der Waals surface area contributed by atoms with Crippen LogP contribution in [0.3, 0.4) is 0 Å². The number of methoxy groups -OCH3 is 2. The molecule has 1 atom stereocenters. The number of nitrogens with one attached hydrogen (secondary N) is 1. The van der Waals surface area contributed by atoms with Gasteiger partial charge in [-0.15, -0.1) is 0 Å². The second kappa shape index (κ2) is 9.20. The summed E-state index contributed by atoms with van der Waals surface area (Å²) < 4.78 is 15.7. The van der Waals surface area contributed by atoms with Gasteiger partial charge in [0.15, 0.2) is 18.1 Å². The van der Waals surface area contributed by atoms with Gasteiger partial charge in [0.2, 0.25) is 0 Å². The average Bonchev–Trinajstić information content (AvgIpc) is 2.46. The summed E-state index contributed by atoms with van der Waals surface area (Å²) in [7, 11) is 3.15. The number of hydrogen-bond acceptors (Lipinski definition) is 5. The molecule has 0 heterocycles. The zero-order valence-corrected chi connectivity index (χ0v) is 12.8. The van der Waals surface area contributed by atoms with E-state index < -0.39 is 0 Å². The topological polar surface area (TPSA) is 82.8 Å². The van der Waals surface area contributed by atoms with E-state index in [4.69, 9.17) is 19.9 Å². The van der Waals surface area contributed by atoms with E-state index in [0.29, 0.717) is 24.7 Å². The molecule has 0 aliphatic heterocycles. The quantitative estimate of drug-likeness (QED) is 0.702. The van der Waals surface area contributed by atoms with Gasteiger partial charge < -0.3 is 25.3 Å². The molecule has 1 amide bonds. The molecule has 0 radical (unpaired) electrons. The molecule has 0 saturated carbocycles. The molecule has 3 N–H and O–H groups in total. The van der Waals surface area contributed by atoms with Crippen LogP contribution < -0.4 is 20.5 Å². The molecular formula is C15H24N2O4. The summed E-state index contributed by atoms with van der Waals surface area (Å²) in [4.78, 5) is 11.8. The van der Waals surface area contributed by atoms with Crippen molar-refractivity contribution in [1.82, 2.24) is 5.32 Å². The highest BCUT2D eigenvalue weighted by Gasteiger charge is 2.10. The Morgan fingerprint density at radius 3 is 2.71 bits per heavy atom. The second-order valence-corrected chi connectivity index (χ2v) is 4.74. The first kappa shape index (κ1) is 17.3. The normalized spacial score (nSPS) is 11.8. The lowest BCUT2D eigenvalue weighted by molar-refractivity contribution is -0.124. The van der Waals surface area contributed by atoms with Crippen molar-refractivity contribution in [2.24, 2.45) is 5.73 Å². The maximum Gasteiger partial charge on any atom is 0.258 e. The van der Waals surface area contributed by atoms with Crippen molar-refractivity contribution >= 4 is 5.91 Å². The first-order valence-electron chi connectivity index (χ1n) is 6.88. The van der Waals surface area contributed by atoms with Crippen molar-refractivity contribution in [2.75, 3.05) is 34.0 Å². The molecule has 0 aromatic heterocycles. The Bertz CT molecular complexity index is 451. The molecule has 0 bridgehead atoms. The van der Waals surface area contributed by atoms with Gasteiger partial charge in [-0.1, -0.05) is 6.07 Å². The standard InChI is InChI=1S/C15H24N2O4/c1-11(9-19-2)17-15(18)10-21-14-8-12(6-7-16)4-5-13(14)20-3/h4-5,8,11H,6-7,9-10,16H2,1-3H3,(H,17,18). The Balaban J connectivity index is 2.60. The van der Waals surface area contributed by atoms with Crippen LogP contribution in [0.5, 0.6) is 11.5 Å². The van der Waals surface area contributed by atoms with Crippen molar-refractivity contribution in [3.63, 3.8) is 0 Å². The predicted molar refractivity (Wildman–Crippen MR) is 80.7 cm³/mol. The van der Waals surface area contributed by atoms with Crippen LogP contribution in [0.1, 0.15) is 12.5 Å². The molecule has 1 unspecified atom stereocenters. The van der Waals surface area contributed by atoms with E-state index in [1.807, 2.05) is 25.1 Å². The van der Waals surface area contributed by atoms with Crippen LogP contribution in [-0.2, 0) is 16.0 Å². The van der Waals surface area contributed by atoms with Gasteiger partial charge in [-0.2, -0.15) is 0 Å². The predicted octanol–water partition coefficient (Wildman–Crippen LogP) is 0.726. The fourth-order valence-corrected chi connectivity index (χ4v) is 1.91. The minimum Gasteiger partial charge on any atom is -0.493 e. The van der Waals surface area contributed by atoms with Crippen LogP contribution in [0.4, 0.5) is 0 Å². The lowest BCUT2D eigenvalue weighted by Crippen LogP contribution is -2.38. The van der Waals surface area contributed by atoms with Gasteiger partial charge in [0.25, 0.3) is 5.91 Å². The van der Waals surface area contributed by atoms with Gasteiger partial charge >= 0.3 is 0 Å². The third-order valence-corrected chi connectivity index (χ3v) is 2.84. The largest absolute Gasteiger partial charge is 0.493 e. The van der Waals surface area contributed by atoms with Gasteiger partial charge in [-0.3, -0.25) is 4.79 Å². The van der Waals surface area contributed by atoms with E-state index in [-0.39, 0.29) is 18.6 Å². The van der Waals surface area contributed by atoms with E-state index in [1.165, 1.54) is 0 Å². The molecule has 0 saturated heterocycles. The lowest BCUT2D eigenvalue weighted by atomic mass is 10.1. The molecule has 0 aliphatic rings. The van der Waals surface area contributed by atoms with Crippen molar-refractivity contribution in [3.8, 4) is 11.5 Å². The molecule has 1 aromatic rings. The van der Waals surface area contributed by atoms with Crippen LogP contribution >= 0.6 is 0 Å². The summed E-state index contributed by atoms with van der Waals surface area (Å²) in [6, 6.07) is 5.53. The zero-order chi connectivity index (χ0) is 15.7. The average molecular weight is 296 g/mol. The van der Waals surface area contributed by atoms with Crippen molar-refractivity contribution in [3.05, 3.63) is 23.8 Å². The SMILES string of the molecule is COCC(C)NC(=O)COc1cc(CCN)ccc1OC. The molecular weight excluding hydrogens is 272 g/mol. The maximum absolute atomic E-state index is 11.8. The molecule has 0 aliphatic carbocycles. The number of rotatable bonds is 9. The first-order valence-corrected chi connectivity index (χ1v) is 6.88. The minimum absolute atomic E-state index is 0.0587. The van der Waals surface area contributed by atoms with Gasteiger partial charge in [-0.25, -0.2) is 0 Å². The Morgan fingerprint density at radius 1 is 1.33 bits per heavy atom. The maximum atomic E-state index is 11.8. The third-order valence-electron chi connectivity index (χ3n) is 2.84. The van der Waals surface area contributed by atoms with Gasteiger partial charge in [0.05, 0.1) is 13.7 Å². The molecule has 21 heavy (non-hydrogen) atoms. The van der Waals surface area contributed by atoms with E-state index in [2.05, 4.69) is 5.32 Å². The number of carbonyl (C=O) groups is 1. The summed E-state index contributed by atoms with van der Waals surface area (Å²) in [5.74, 6) is 0.928. The highest BCUT2D eigenvalue weighted by Crippen LogP contribution is 2.28. The Hall–Kier alpha value is -1.79. The first-order chi connectivity index (χ1) is 10.1. The number of nitrogens with two attached hydrogens (primary N) is 1. The second-order valence-electron chi connectivity index (χ2n) is 4.74. The van der Waals surface area contributed by atoms with Crippen molar-refractivity contribution in [1.29, 1.82) is 0 Å². The monoisotopic (exact) mass is 296 g/mol. The van der Waals surface area contributed by atoms with Gasteiger partial charge in [0, 0.05) is 13.2 Å².